The molecule has 0 unspecified atom stereocenters. The third-order valence-corrected chi connectivity index (χ3v) is 5.23. The zero-order valence-corrected chi connectivity index (χ0v) is 13.0. The smallest absolute Gasteiger partial charge is 0.0349 e. The Kier molecular flexibility index (Phi) is 3.08. The van der Waals surface area contributed by atoms with Crippen molar-refractivity contribution < 1.29 is 0 Å². The molecule has 2 aromatic rings. The average molecular weight is 322 g/mol. The summed E-state index contributed by atoms with van der Waals surface area (Å²) in [5, 5.41) is 3.51. The summed E-state index contributed by atoms with van der Waals surface area (Å²) in [6.45, 7) is 6.71. The van der Waals surface area contributed by atoms with Crippen molar-refractivity contribution in [3.63, 3.8) is 0 Å². The fourth-order valence-electron chi connectivity index (χ4n) is 2.47. The summed E-state index contributed by atoms with van der Waals surface area (Å²) in [7, 11) is 0. The molecule has 0 bridgehead atoms. The van der Waals surface area contributed by atoms with Crippen LogP contribution in [0.4, 0.5) is 0 Å². The van der Waals surface area contributed by atoms with E-state index in [0.29, 0.717) is 0 Å². The van der Waals surface area contributed by atoms with Crippen molar-refractivity contribution in [3.8, 4) is 10.4 Å². The quantitative estimate of drug-likeness (QED) is 0.812. The minimum atomic E-state index is 0.248. The van der Waals surface area contributed by atoms with Crippen molar-refractivity contribution >= 4 is 27.3 Å². The number of halogens is 1. The molecule has 0 saturated heterocycles. The lowest BCUT2D eigenvalue weighted by molar-refractivity contribution is 0.440. The lowest BCUT2D eigenvalue weighted by Gasteiger charge is -2.30. The number of hydrogen-bond donors (Lipinski definition) is 1. The Bertz CT molecular complexity index is 569. The van der Waals surface area contributed by atoms with Gasteiger partial charge in [-0.05, 0) is 29.3 Å². The molecule has 0 amide bonds. The highest BCUT2D eigenvalue weighted by Gasteiger charge is 2.29. The van der Waals surface area contributed by atoms with Gasteiger partial charge in [0, 0.05) is 32.7 Å². The van der Waals surface area contributed by atoms with Crippen LogP contribution in [0.5, 0.6) is 0 Å². The largest absolute Gasteiger partial charge is 0.311 e. The molecular weight excluding hydrogens is 306 g/mol. The first-order chi connectivity index (χ1) is 8.56. The Morgan fingerprint density at radius 2 is 1.94 bits per heavy atom. The van der Waals surface area contributed by atoms with Crippen LogP contribution in [0.2, 0.25) is 0 Å². The van der Waals surface area contributed by atoms with E-state index in [1.807, 2.05) is 11.3 Å². The van der Waals surface area contributed by atoms with Gasteiger partial charge in [-0.25, -0.2) is 0 Å². The predicted octanol–water partition coefficient (Wildman–Crippen LogP) is 4.56. The topological polar surface area (TPSA) is 12.0 Å². The number of thiophene rings is 1. The first-order valence-electron chi connectivity index (χ1n) is 6.16. The number of fused-ring (bicyclic) bond motifs is 1. The second kappa shape index (κ2) is 4.48. The summed E-state index contributed by atoms with van der Waals surface area (Å²) < 4.78 is 1.13. The van der Waals surface area contributed by atoms with Crippen LogP contribution in [0.15, 0.2) is 34.8 Å². The third-order valence-electron chi connectivity index (χ3n) is 3.52. The van der Waals surface area contributed by atoms with Crippen molar-refractivity contribution in [2.45, 2.75) is 25.8 Å². The third kappa shape index (κ3) is 2.15. The van der Waals surface area contributed by atoms with Crippen LogP contribution < -0.4 is 5.32 Å². The van der Waals surface area contributed by atoms with Crippen LogP contribution in [0.1, 0.15) is 24.3 Å². The monoisotopic (exact) mass is 321 g/mol. The second-order valence-corrected chi connectivity index (χ2v) is 7.49. The summed E-state index contributed by atoms with van der Waals surface area (Å²) in [6, 6.07) is 11.0. The van der Waals surface area contributed by atoms with Crippen molar-refractivity contribution in [1.29, 1.82) is 0 Å². The van der Waals surface area contributed by atoms with Gasteiger partial charge in [0.05, 0.1) is 0 Å². The molecular formula is C15H16BrNS. The Morgan fingerprint density at radius 1 is 1.22 bits per heavy atom. The standard InChI is InChI=1S/C15H16BrNS/c1-15(2)9-17-8-14-12(15)7-13(18-14)10-3-5-11(16)6-4-10/h3-7,17H,8-9H2,1-2H3. The van der Waals surface area contributed by atoms with E-state index in [0.717, 1.165) is 17.6 Å². The molecule has 0 fully saturated rings. The second-order valence-electron chi connectivity index (χ2n) is 5.44. The van der Waals surface area contributed by atoms with Gasteiger partial charge < -0.3 is 5.32 Å². The molecule has 3 rings (SSSR count). The first kappa shape index (κ1) is 12.4. The highest BCUT2D eigenvalue weighted by atomic mass is 79.9. The normalized spacial score (nSPS) is 17.5. The maximum atomic E-state index is 3.51. The summed E-state index contributed by atoms with van der Waals surface area (Å²) >= 11 is 5.41. The molecule has 1 aromatic carbocycles. The molecule has 0 atom stereocenters. The van der Waals surface area contributed by atoms with E-state index >= 15 is 0 Å². The summed E-state index contributed by atoms with van der Waals surface area (Å²) in [6.07, 6.45) is 0. The molecule has 3 heteroatoms. The van der Waals surface area contributed by atoms with Gasteiger partial charge in [-0.1, -0.05) is 41.9 Å². The van der Waals surface area contributed by atoms with Gasteiger partial charge >= 0.3 is 0 Å². The average Bonchev–Trinajstić information content (AvgIpc) is 2.75. The fraction of sp³-hybridized carbons (Fsp3) is 0.333. The predicted molar refractivity (Wildman–Crippen MR) is 82.2 cm³/mol. The van der Waals surface area contributed by atoms with Crippen molar-refractivity contribution in [3.05, 3.63) is 45.2 Å². The van der Waals surface area contributed by atoms with Crippen molar-refractivity contribution in [1.82, 2.24) is 5.32 Å². The molecule has 0 aliphatic carbocycles. The molecule has 1 aromatic heterocycles. The van der Waals surface area contributed by atoms with E-state index in [2.05, 4.69) is 65.4 Å². The molecule has 1 nitrogen and oxygen atoms in total. The number of nitrogens with one attached hydrogen (secondary N) is 1. The fourth-order valence-corrected chi connectivity index (χ4v) is 4.05. The van der Waals surface area contributed by atoms with E-state index < -0.39 is 0 Å². The van der Waals surface area contributed by atoms with Gasteiger partial charge in [0.25, 0.3) is 0 Å². The SMILES string of the molecule is CC1(C)CNCc2sc(-c3ccc(Br)cc3)cc21. The molecule has 1 aliphatic rings. The van der Waals surface area contributed by atoms with Crippen LogP contribution in [-0.2, 0) is 12.0 Å². The maximum Gasteiger partial charge on any atom is 0.0349 e. The zero-order chi connectivity index (χ0) is 12.8. The lowest BCUT2D eigenvalue weighted by Crippen LogP contribution is -2.37. The molecule has 18 heavy (non-hydrogen) atoms. The molecule has 94 valence electrons. The Hall–Kier alpha value is -0.640. The Balaban J connectivity index is 2.05. The van der Waals surface area contributed by atoms with E-state index in [1.165, 1.54) is 20.9 Å². The van der Waals surface area contributed by atoms with Gasteiger partial charge in [0.1, 0.15) is 0 Å². The number of hydrogen-bond acceptors (Lipinski definition) is 2. The Labute approximate surface area is 120 Å². The van der Waals surface area contributed by atoms with Crippen LogP contribution in [0.3, 0.4) is 0 Å². The van der Waals surface area contributed by atoms with Crippen LogP contribution in [0.25, 0.3) is 10.4 Å². The molecule has 0 saturated carbocycles. The number of rotatable bonds is 1. The maximum absolute atomic E-state index is 3.51. The highest BCUT2D eigenvalue weighted by Crippen LogP contribution is 2.39. The van der Waals surface area contributed by atoms with E-state index in [1.54, 1.807) is 0 Å². The van der Waals surface area contributed by atoms with Crippen LogP contribution in [-0.4, -0.2) is 6.54 Å². The van der Waals surface area contributed by atoms with Crippen molar-refractivity contribution in [2.75, 3.05) is 6.54 Å². The van der Waals surface area contributed by atoms with Gasteiger partial charge in [0.2, 0.25) is 0 Å². The number of benzene rings is 1. The summed E-state index contributed by atoms with van der Waals surface area (Å²) in [4.78, 5) is 2.87. The molecule has 1 aliphatic heterocycles. The van der Waals surface area contributed by atoms with E-state index in [-0.39, 0.29) is 5.41 Å². The summed E-state index contributed by atoms with van der Waals surface area (Å²) in [5.74, 6) is 0. The van der Waals surface area contributed by atoms with Crippen molar-refractivity contribution in [2.24, 2.45) is 0 Å². The van der Waals surface area contributed by atoms with E-state index in [4.69, 9.17) is 0 Å². The van der Waals surface area contributed by atoms with Crippen LogP contribution in [0, 0.1) is 0 Å². The minimum Gasteiger partial charge on any atom is -0.311 e. The molecule has 1 N–H and O–H groups in total. The van der Waals surface area contributed by atoms with Gasteiger partial charge in [-0.15, -0.1) is 11.3 Å². The van der Waals surface area contributed by atoms with Gasteiger partial charge in [-0.2, -0.15) is 0 Å². The lowest BCUT2D eigenvalue weighted by atomic mass is 9.82. The minimum absolute atomic E-state index is 0.248. The molecule has 2 heterocycles. The van der Waals surface area contributed by atoms with Gasteiger partial charge in [-0.3, -0.25) is 0 Å². The first-order valence-corrected chi connectivity index (χ1v) is 7.77. The Morgan fingerprint density at radius 3 is 2.61 bits per heavy atom. The molecule has 0 spiro atoms. The molecule has 0 radical (unpaired) electrons. The van der Waals surface area contributed by atoms with E-state index in [9.17, 15) is 0 Å². The summed E-state index contributed by atoms with van der Waals surface area (Å²) in [5.41, 5.74) is 3.08. The highest BCUT2D eigenvalue weighted by molar-refractivity contribution is 9.10. The van der Waals surface area contributed by atoms with Crippen LogP contribution >= 0.6 is 27.3 Å². The van der Waals surface area contributed by atoms with Gasteiger partial charge in [0.15, 0.2) is 0 Å². The zero-order valence-electron chi connectivity index (χ0n) is 10.6.